The molecule has 1 saturated carbocycles. The molecule has 2 aromatic rings. The van der Waals surface area contributed by atoms with Crippen LogP contribution in [0.15, 0.2) is 42.9 Å². The number of anilines is 1. The van der Waals surface area contributed by atoms with Gasteiger partial charge in [0.2, 0.25) is 5.91 Å². The van der Waals surface area contributed by atoms with Crippen molar-refractivity contribution in [2.24, 2.45) is 0 Å². The molecule has 30 heavy (non-hydrogen) atoms. The fraction of sp³-hybridized carbons (Fsp3) is 0.478. The second-order valence-corrected chi connectivity index (χ2v) is 8.62. The average molecular weight is 403 g/mol. The van der Waals surface area contributed by atoms with E-state index in [1.165, 1.54) is 5.56 Å². The number of piperazine rings is 1. The Balaban J connectivity index is 1.16. The molecule has 0 N–H and O–H groups in total. The summed E-state index contributed by atoms with van der Waals surface area (Å²) in [4.78, 5) is 25.6. The van der Waals surface area contributed by atoms with Gasteiger partial charge < -0.3 is 14.5 Å². The van der Waals surface area contributed by atoms with Gasteiger partial charge in [-0.25, -0.2) is 4.98 Å². The quantitative estimate of drug-likeness (QED) is 0.736. The van der Waals surface area contributed by atoms with Gasteiger partial charge in [-0.15, -0.1) is 0 Å². The van der Waals surface area contributed by atoms with Crippen LogP contribution in [0.1, 0.15) is 36.8 Å². The summed E-state index contributed by atoms with van der Waals surface area (Å²) < 4.78 is 5.89. The van der Waals surface area contributed by atoms with E-state index in [4.69, 9.17) is 10.00 Å². The smallest absolute Gasteiger partial charge is 0.248 e. The van der Waals surface area contributed by atoms with E-state index >= 15 is 0 Å². The van der Waals surface area contributed by atoms with Gasteiger partial charge in [-0.2, -0.15) is 5.26 Å². The zero-order valence-corrected chi connectivity index (χ0v) is 16.9. The molecule has 1 amide bonds. The number of rotatable bonds is 6. The van der Waals surface area contributed by atoms with Crippen molar-refractivity contribution in [1.29, 1.82) is 5.26 Å². The number of hydrogen-bond acceptors (Lipinski definition) is 6. The van der Waals surface area contributed by atoms with E-state index in [-0.39, 0.29) is 30.0 Å². The first-order valence-electron chi connectivity index (χ1n) is 10.6. The molecule has 0 aromatic carbocycles. The third-order valence-corrected chi connectivity index (χ3v) is 6.73. The van der Waals surface area contributed by atoms with Crippen LogP contribution >= 0.6 is 0 Å². The van der Waals surface area contributed by atoms with Crippen LogP contribution in [-0.4, -0.2) is 59.2 Å². The van der Waals surface area contributed by atoms with E-state index in [9.17, 15) is 4.79 Å². The van der Waals surface area contributed by atoms with Crippen molar-refractivity contribution in [2.75, 3.05) is 31.2 Å². The second-order valence-electron chi connectivity index (χ2n) is 8.62. The van der Waals surface area contributed by atoms with Crippen molar-refractivity contribution in [2.45, 2.75) is 43.2 Å². The summed E-state index contributed by atoms with van der Waals surface area (Å²) in [5, 5.41) is 8.98. The van der Waals surface area contributed by atoms with Crippen LogP contribution in [0.25, 0.3) is 0 Å². The normalized spacial score (nSPS) is 23.8. The van der Waals surface area contributed by atoms with Crippen molar-refractivity contribution in [3.63, 3.8) is 0 Å². The molecular weight excluding hydrogens is 378 g/mol. The lowest BCUT2D eigenvalue weighted by molar-refractivity contribution is -0.137. The lowest BCUT2D eigenvalue weighted by Gasteiger charge is -2.41. The minimum atomic E-state index is 0.0716. The van der Waals surface area contributed by atoms with Crippen molar-refractivity contribution in [3.8, 4) is 6.07 Å². The predicted molar refractivity (Wildman–Crippen MR) is 111 cm³/mol. The first-order valence-corrected chi connectivity index (χ1v) is 10.6. The largest absolute Gasteiger partial charge is 0.371 e. The van der Waals surface area contributed by atoms with E-state index in [0.29, 0.717) is 25.3 Å². The molecule has 1 aliphatic carbocycles. The van der Waals surface area contributed by atoms with Crippen LogP contribution in [0.5, 0.6) is 0 Å². The number of fused-ring (bicyclic) bond motifs is 2. The molecule has 154 valence electrons. The topological polar surface area (TPSA) is 82.4 Å². The summed E-state index contributed by atoms with van der Waals surface area (Å²) in [6.45, 7) is 2.14. The van der Waals surface area contributed by atoms with E-state index in [1.807, 2.05) is 41.6 Å². The average Bonchev–Trinajstić information content (AvgIpc) is 3.54. The van der Waals surface area contributed by atoms with E-state index in [1.54, 1.807) is 6.20 Å². The minimum absolute atomic E-state index is 0.0716. The molecule has 2 unspecified atom stereocenters. The molecule has 5 rings (SSSR count). The molecular formula is C23H25N5O2. The summed E-state index contributed by atoms with van der Waals surface area (Å²) in [5.74, 6) is 0.975. The highest BCUT2D eigenvalue weighted by atomic mass is 16.5. The number of aromatic nitrogens is 2. The molecule has 4 heterocycles. The molecule has 3 aliphatic rings. The maximum atomic E-state index is 12.8. The fourth-order valence-corrected chi connectivity index (χ4v) is 4.88. The van der Waals surface area contributed by atoms with Crippen molar-refractivity contribution >= 4 is 11.7 Å². The van der Waals surface area contributed by atoms with Crippen molar-refractivity contribution in [1.82, 2.24) is 14.9 Å². The van der Waals surface area contributed by atoms with Crippen molar-refractivity contribution < 1.29 is 9.53 Å². The number of pyridine rings is 2. The molecule has 2 bridgehead atoms. The summed E-state index contributed by atoms with van der Waals surface area (Å²) in [7, 11) is 0. The standard InChI is InChI=1S/C23H25N5O2/c24-11-17-1-4-21(26-12-17)28-19-2-3-20(28)14-27(13-19)22(29)15-30-16-23(7-8-23)18-5-9-25-10-6-18/h1,4-6,9-10,12,19-20H,2-3,7-8,13-16H2. The van der Waals surface area contributed by atoms with E-state index in [0.717, 1.165) is 31.5 Å². The van der Waals surface area contributed by atoms with E-state index in [2.05, 4.69) is 20.9 Å². The molecule has 0 radical (unpaired) electrons. The number of nitrogens with zero attached hydrogens (tertiary/aromatic N) is 5. The Labute approximate surface area is 176 Å². The van der Waals surface area contributed by atoms with Gasteiger partial charge >= 0.3 is 0 Å². The highest BCUT2D eigenvalue weighted by Crippen LogP contribution is 2.48. The second kappa shape index (κ2) is 7.69. The zero-order chi connectivity index (χ0) is 20.6. The summed E-state index contributed by atoms with van der Waals surface area (Å²) in [6, 6.07) is 10.5. The maximum Gasteiger partial charge on any atom is 0.248 e. The molecule has 2 saturated heterocycles. The highest BCUT2D eigenvalue weighted by molar-refractivity contribution is 5.78. The Morgan fingerprint density at radius 2 is 1.90 bits per heavy atom. The molecule has 0 spiro atoms. The van der Waals surface area contributed by atoms with Gasteiger partial charge in [0.1, 0.15) is 18.5 Å². The molecule has 2 atom stereocenters. The van der Waals surface area contributed by atoms with Crippen LogP contribution in [0, 0.1) is 11.3 Å². The van der Waals surface area contributed by atoms with Crippen LogP contribution in [0.4, 0.5) is 5.82 Å². The molecule has 7 heteroatoms. The molecule has 3 fully saturated rings. The minimum Gasteiger partial charge on any atom is -0.371 e. The number of likely N-dealkylation sites (tertiary alicyclic amines) is 1. The summed E-state index contributed by atoms with van der Waals surface area (Å²) in [6.07, 6.45) is 9.58. The van der Waals surface area contributed by atoms with Gasteiger partial charge in [0.05, 0.1) is 12.2 Å². The monoisotopic (exact) mass is 403 g/mol. The summed E-state index contributed by atoms with van der Waals surface area (Å²) in [5.41, 5.74) is 1.89. The number of ether oxygens (including phenoxy) is 1. The van der Waals surface area contributed by atoms with Crippen molar-refractivity contribution in [3.05, 3.63) is 54.0 Å². The van der Waals surface area contributed by atoms with Gasteiger partial charge in [0, 0.05) is 49.2 Å². The summed E-state index contributed by atoms with van der Waals surface area (Å²) >= 11 is 0. The number of carbonyl (C=O) groups is 1. The Hall–Kier alpha value is -2.98. The fourth-order valence-electron chi connectivity index (χ4n) is 4.88. The van der Waals surface area contributed by atoms with Gasteiger partial charge in [0.25, 0.3) is 0 Å². The number of nitriles is 1. The third-order valence-electron chi connectivity index (χ3n) is 6.73. The van der Waals surface area contributed by atoms with Gasteiger partial charge in [-0.05, 0) is 55.5 Å². The Morgan fingerprint density at radius 1 is 1.17 bits per heavy atom. The zero-order valence-electron chi connectivity index (χ0n) is 16.9. The Bertz CT molecular complexity index is 938. The van der Waals surface area contributed by atoms with Crippen LogP contribution in [-0.2, 0) is 14.9 Å². The SMILES string of the molecule is N#Cc1ccc(N2C3CCC2CN(C(=O)COCC2(c4ccncc4)CC2)C3)nc1. The lowest BCUT2D eigenvalue weighted by Crippen LogP contribution is -2.56. The van der Waals surface area contributed by atoms with E-state index < -0.39 is 0 Å². The maximum absolute atomic E-state index is 12.8. The predicted octanol–water partition coefficient (Wildman–Crippen LogP) is 2.28. The van der Waals surface area contributed by atoms with Crippen LogP contribution in [0.3, 0.4) is 0 Å². The third kappa shape index (κ3) is 3.52. The number of hydrogen-bond donors (Lipinski definition) is 0. The highest BCUT2D eigenvalue weighted by Gasteiger charge is 2.45. The Morgan fingerprint density at radius 3 is 2.50 bits per heavy atom. The molecule has 2 aromatic heterocycles. The first-order chi connectivity index (χ1) is 14.7. The number of amides is 1. The Kier molecular flexibility index (Phi) is 4.87. The lowest BCUT2D eigenvalue weighted by atomic mass is 9.98. The van der Waals surface area contributed by atoms with Gasteiger partial charge in [-0.1, -0.05) is 0 Å². The van der Waals surface area contributed by atoms with Crippen LogP contribution < -0.4 is 4.90 Å². The van der Waals surface area contributed by atoms with Crippen LogP contribution in [0.2, 0.25) is 0 Å². The first kappa shape index (κ1) is 19.0. The van der Waals surface area contributed by atoms with Gasteiger partial charge in [-0.3, -0.25) is 9.78 Å². The molecule has 2 aliphatic heterocycles. The molecule has 7 nitrogen and oxygen atoms in total. The number of carbonyl (C=O) groups excluding carboxylic acids is 1. The van der Waals surface area contributed by atoms with Gasteiger partial charge in [0.15, 0.2) is 0 Å².